The van der Waals surface area contributed by atoms with Crippen molar-refractivity contribution in [1.29, 1.82) is 0 Å². The Morgan fingerprint density at radius 2 is 2.12 bits per heavy atom. The zero-order valence-electron chi connectivity index (χ0n) is 9.24. The van der Waals surface area contributed by atoms with Gasteiger partial charge in [-0.15, -0.1) is 5.10 Å². The van der Waals surface area contributed by atoms with Crippen molar-refractivity contribution in [3.05, 3.63) is 35.7 Å². The first-order valence-electron chi connectivity index (χ1n) is 5.14. The van der Waals surface area contributed by atoms with E-state index in [-0.39, 0.29) is 5.69 Å². The Morgan fingerprint density at radius 1 is 1.41 bits per heavy atom. The first kappa shape index (κ1) is 11.2. The topological polar surface area (TPSA) is 93.8 Å². The second-order valence-corrected chi connectivity index (χ2v) is 3.37. The minimum Gasteiger partial charge on any atom is -0.476 e. The molecule has 0 saturated heterocycles. The Kier molecular flexibility index (Phi) is 3.08. The molecule has 0 radical (unpaired) electrons. The van der Waals surface area contributed by atoms with Crippen molar-refractivity contribution in [3.8, 4) is 0 Å². The molecule has 0 amide bonds. The number of aromatic carboxylic acids is 1. The zero-order valence-corrected chi connectivity index (χ0v) is 9.24. The molecule has 0 unspecified atom stereocenters. The van der Waals surface area contributed by atoms with Gasteiger partial charge in [-0.25, -0.2) is 19.4 Å². The number of carboxylic acids is 1. The molecule has 0 aromatic carbocycles. The number of carbonyl (C=O) groups is 1. The summed E-state index contributed by atoms with van der Waals surface area (Å²) in [5.41, 5.74) is 0.563. The maximum absolute atomic E-state index is 10.9. The van der Waals surface area contributed by atoms with Crippen LogP contribution in [0.5, 0.6) is 0 Å². The molecular weight excluding hydrogens is 222 g/mol. The van der Waals surface area contributed by atoms with Crippen molar-refractivity contribution in [2.24, 2.45) is 0 Å². The van der Waals surface area contributed by atoms with Crippen molar-refractivity contribution in [1.82, 2.24) is 25.0 Å². The summed E-state index contributed by atoms with van der Waals surface area (Å²) in [6.07, 6.45) is 3.80. The first-order valence-corrected chi connectivity index (χ1v) is 5.14. The summed E-state index contributed by atoms with van der Waals surface area (Å²) in [5, 5.41) is 16.4. The molecule has 0 aliphatic carbocycles. The van der Waals surface area contributed by atoms with Crippen LogP contribution in [0.1, 0.15) is 28.9 Å². The standard InChI is InChI=1S/C10H11N5O2/c1-2-7-9(10(16)17)13-14-15(7)6-8-11-4-3-5-12-8/h3-5H,2,6H2,1H3,(H,16,17). The monoisotopic (exact) mass is 233 g/mol. The van der Waals surface area contributed by atoms with E-state index in [2.05, 4.69) is 20.3 Å². The van der Waals surface area contributed by atoms with Crippen LogP contribution in [0.25, 0.3) is 0 Å². The van der Waals surface area contributed by atoms with E-state index in [1.54, 1.807) is 18.5 Å². The van der Waals surface area contributed by atoms with Gasteiger partial charge >= 0.3 is 5.97 Å². The fourth-order valence-electron chi connectivity index (χ4n) is 1.52. The van der Waals surface area contributed by atoms with Gasteiger partial charge in [0.2, 0.25) is 0 Å². The molecule has 2 rings (SSSR count). The van der Waals surface area contributed by atoms with E-state index in [0.717, 1.165) is 0 Å². The van der Waals surface area contributed by atoms with Gasteiger partial charge in [0.25, 0.3) is 0 Å². The normalized spacial score (nSPS) is 10.4. The zero-order chi connectivity index (χ0) is 12.3. The lowest BCUT2D eigenvalue weighted by Crippen LogP contribution is -2.10. The quantitative estimate of drug-likeness (QED) is 0.820. The maximum atomic E-state index is 10.9. The van der Waals surface area contributed by atoms with Gasteiger partial charge in [0, 0.05) is 12.4 Å². The molecule has 1 N–H and O–H groups in total. The first-order chi connectivity index (χ1) is 8.22. The summed E-state index contributed by atoms with van der Waals surface area (Å²) in [6, 6.07) is 1.72. The summed E-state index contributed by atoms with van der Waals surface area (Å²) in [4.78, 5) is 19.0. The lowest BCUT2D eigenvalue weighted by molar-refractivity contribution is 0.0689. The fraction of sp³-hybridized carbons (Fsp3) is 0.300. The van der Waals surface area contributed by atoms with Gasteiger partial charge < -0.3 is 5.11 Å². The Morgan fingerprint density at radius 3 is 2.71 bits per heavy atom. The predicted molar refractivity (Wildman–Crippen MR) is 57.5 cm³/mol. The fourth-order valence-corrected chi connectivity index (χ4v) is 1.52. The molecule has 2 heterocycles. The predicted octanol–water partition coefficient (Wildman–Crippen LogP) is 0.377. The molecule has 0 aliphatic rings. The maximum Gasteiger partial charge on any atom is 0.358 e. The van der Waals surface area contributed by atoms with Crippen LogP contribution in [0.15, 0.2) is 18.5 Å². The molecule has 0 saturated carbocycles. The van der Waals surface area contributed by atoms with Gasteiger partial charge in [-0.2, -0.15) is 0 Å². The third kappa shape index (κ3) is 2.27. The highest BCUT2D eigenvalue weighted by atomic mass is 16.4. The number of carboxylic acid groups (broad SMARTS) is 1. The van der Waals surface area contributed by atoms with E-state index in [1.165, 1.54) is 4.68 Å². The number of aromatic nitrogens is 5. The van der Waals surface area contributed by atoms with E-state index in [4.69, 9.17) is 5.11 Å². The summed E-state index contributed by atoms with van der Waals surface area (Å²) in [5.74, 6) is -0.494. The Balaban J connectivity index is 2.31. The summed E-state index contributed by atoms with van der Waals surface area (Å²) >= 11 is 0. The Labute approximate surface area is 97.1 Å². The van der Waals surface area contributed by atoms with E-state index in [0.29, 0.717) is 24.5 Å². The van der Waals surface area contributed by atoms with Crippen LogP contribution in [0, 0.1) is 0 Å². The average Bonchev–Trinajstić information content (AvgIpc) is 2.73. The third-order valence-corrected chi connectivity index (χ3v) is 2.29. The van der Waals surface area contributed by atoms with Crippen molar-refractivity contribution >= 4 is 5.97 Å². The molecule has 7 heteroatoms. The van der Waals surface area contributed by atoms with Gasteiger partial charge in [0.05, 0.1) is 5.69 Å². The number of hydrogen-bond acceptors (Lipinski definition) is 5. The molecule has 17 heavy (non-hydrogen) atoms. The van der Waals surface area contributed by atoms with Gasteiger partial charge in [-0.1, -0.05) is 12.1 Å². The summed E-state index contributed by atoms with van der Waals surface area (Å²) < 4.78 is 1.51. The molecule has 0 atom stereocenters. The largest absolute Gasteiger partial charge is 0.476 e. The van der Waals surface area contributed by atoms with Crippen LogP contribution in [0.2, 0.25) is 0 Å². The van der Waals surface area contributed by atoms with Gasteiger partial charge in [0.1, 0.15) is 12.4 Å². The van der Waals surface area contributed by atoms with Crippen molar-refractivity contribution < 1.29 is 9.90 Å². The highest BCUT2D eigenvalue weighted by Gasteiger charge is 2.17. The molecule has 2 aromatic heterocycles. The van der Waals surface area contributed by atoms with Gasteiger partial charge in [-0.05, 0) is 12.5 Å². The minimum absolute atomic E-state index is 0.0107. The van der Waals surface area contributed by atoms with E-state index in [9.17, 15) is 4.79 Å². The second kappa shape index (κ2) is 4.69. The van der Waals surface area contributed by atoms with Gasteiger partial charge in [-0.3, -0.25) is 0 Å². The van der Waals surface area contributed by atoms with Crippen molar-refractivity contribution in [2.45, 2.75) is 19.9 Å². The smallest absolute Gasteiger partial charge is 0.358 e. The lowest BCUT2D eigenvalue weighted by Gasteiger charge is -2.03. The molecule has 0 fully saturated rings. The summed E-state index contributed by atoms with van der Waals surface area (Å²) in [7, 11) is 0. The van der Waals surface area contributed by atoms with Crippen LogP contribution >= 0.6 is 0 Å². The van der Waals surface area contributed by atoms with Crippen molar-refractivity contribution in [2.75, 3.05) is 0 Å². The molecule has 2 aromatic rings. The van der Waals surface area contributed by atoms with E-state index < -0.39 is 5.97 Å². The third-order valence-electron chi connectivity index (χ3n) is 2.29. The van der Waals surface area contributed by atoms with Crippen LogP contribution < -0.4 is 0 Å². The molecule has 0 bridgehead atoms. The Bertz CT molecular complexity index is 523. The van der Waals surface area contributed by atoms with E-state index in [1.807, 2.05) is 6.92 Å². The van der Waals surface area contributed by atoms with Crippen LogP contribution in [0.4, 0.5) is 0 Å². The Hall–Kier alpha value is -2.31. The molecule has 0 aliphatic heterocycles. The molecule has 88 valence electrons. The molecule has 0 spiro atoms. The van der Waals surface area contributed by atoms with E-state index >= 15 is 0 Å². The van der Waals surface area contributed by atoms with Gasteiger partial charge in [0.15, 0.2) is 5.69 Å². The van der Waals surface area contributed by atoms with Crippen LogP contribution in [-0.2, 0) is 13.0 Å². The lowest BCUT2D eigenvalue weighted by atomic mass is 10.2. The minimum atomic E-state index is -1.07. The highest BCUT2D eigenvalue weighted by Crippen LogP contribution is 2.07. The molecule has 7 nitrogen and oxygen atoms in total. The molecular formula is C10H11N5O2. The number of rotatable bonds is 4. The van der Waals surface area contributed by atoms with Crippen molar-refractivity contribution in [3.63, 3.8) is 0 Å². The highest BCUT2D eigenvalue weighted by molar-refractivity contribution is 5.86. The number of hydrogen-bond donors (Lipinski definition) is 1. The van der Waals surface area contributed by atoms with Crippen LogP contribution in [0.3, 0.4) is 0 Å². The second-order valence-electron chi connectivity index (χ2n) is 3.37. The number of nitrogens with zero attached hydrogens (tertiary/aromatic N) is 5. The van der Waals surface area contributed by atoms with Crippen LogP contribution in [-0.4, -0.2) is 36.0 Å². The SMILES string of the molecule is CCc1c(C(=O)O)nnn1Cc1ncccn1. The summed E-state index contributed by atoms with van der Waals surface area (Å²) in [6.45, 7) is 2.18. The average molecular weight is 233 g/mol.